The van der Waals surface area contributed by atoms with Crippen molar-refractivity contribution in [2.45, 2.75) is 6.92 Å². The van der Waals surface area contributed by atoms with E-state index >= 15 is 0 Å². The Bertz CT molecular complexity index is 1410. The van der Waals surface area contributed by atoms with Crippen molar-refractivity contribution in [2.24, 2.45) is 0 Å². The van der Waals surface area contributed by atoms with Gasteiger partial charge in [-0.3, -0.25) is 25.2 Å². The van der Waals surface area contributed by atoms with E-state index in [0.717, 1.165) is 11.3 Å². The van der Waals surface area contributed by atoms with E-state index in [1.54, 1.807) is 43.3 Å². The summed E-state index contributed by atoms with van der Waals surface area (Å²) in [5.74, 6) is -0.656. The topological polar surface area (TPSA) is 91.7 Å². The van der Waals surface area contributed by atoms with Gasteiger partial charge in [0.1, 0.15) is 5.76 Å². The van der Waals surface area contributed by atoms with Gasteiger partial charge < -0.3 is 9.32 Å². The third-order valence-corrected chi connectivity index (χ3v) is 5.34. The summed E-state index contributed by atoms with van der Waals surface area (Å²) in [6, 6.07) is 21.0. The average Bonchev–Trinajstić information content (AvgIpc) is 2.84. The average molecular weight is 441 g/mol. The van der Waals surface area contributed by atoms with E-state index in [9.17, 15) is 14.4 Å². The summed E-state index contributed by atoms with van der Waals surface area (Å²) in [5, 5.41) is 0.296. The van der Waals surface area contributed by atoms with Gasteiger partial charge in [-0.1, -0.05) is 42.5 Å². The molecule has 1 aromatic heterocycles. The van der Waals surface area contributed by atoms with Crippen LogP contribution in [0.25, 0.3) is 22.3 Å². The fourth-order valence-corrected chi connectivity index (χ4v) is 3.53. The van der Waals surface area contributed by atoms with E-state index in [4.69, 9.17) is 4.42 Å². The molecule has 0 saturated carbocycles. The van der Waals surface area contributed by atoms with Crippen LogP contribution >= 0.6 is 0 Å². The maximum absolute atomic E-state index is 13.0. The van der Waals surface area contributed by atoms with Gasteiger partial charge in [0.05, 0.1) is 10.9 Å². The fourth-order valence-electron chi connectivity index (χ4n) is 3.53. The van der Waals surface area contributed by atoms with Crippen LogP contribution in [0.5, 0.6) is 0 Å². The van der Waals surface area contributed by atoms with Gasteiger partial charge in [-0.25, -0.2) is 0 Å². The van der Waals surface area contributed by atoms with Crippen LogP contribution in [-0.4, -0.2) is 25.9 Å². The Kier molecular flexibility index (Phi) is 5.95. The minimum Gasteiger partial charge on any atom is -0.455 e. The van der Waals surface area contributed by atoms with Gasteiger partial charge in [-0.15, -0.1) is 0 Å². The molecule has 1 heterocycles. The number of carbonyl (C=O) groups is 2. The molecule has 7 heteroatoms. The van der Waals surface area contributed by atoms with Gasteiger partial charge in [-0.05, 0) is 37.3 Å². The standard InChI is InChI=1S/C26H23N3O4/c1-16-22(30)20-13-8-14-21(24(20)33-23(16)17-9-5-4-6-10-17)26(32)28-27-25(31)18-11-7-12-19(15-18)29(2)3/h4-15H,1-3H3,(H,27,31)(H,28,32). The maximum atomic E-state index is 13.0. The first kappa shape index (κ1) is 21.8. The zero-order valence-corrected chi connectivity index (χ0v) is 18.5. The minimum absolute atomic E-state index is 0.143. The largest absolute Gasteiger partial charge is 0.455 e. The van der Waals surface area contributed by atoms with Gasteiger partial charge in [-0.2, -0.15) is 0 Å². The predicted molar refractivity (Wildman–Crippen MR) is 128 cm³/mol. The second-order valence-electron chi connectivity index (χ2n) is 7.79. The molecular weight excluding hydrogens is 418 g/mol. The zero-order valence-electron chi connectivity index (χ0n) is 18.5. The monoisotopic (exact) mass is 441 g/mol. The highest BCUT2D eigenvalue weighted by molar-refractivity contribution is 6.06. The number of amides is 2. The number of nitrogens with zero attached hydrogens (tertiary/aromatic N) is 1. The number of benzene rings is 3. The molecule has 0 atom stereocenters. The Labute approximate surface area is 190 Å². The molecular formula is C26H23N3O4. The van der Waals surface area contributed by atoms with Crippen molar-refractivity contribution in [2.75, 3.05) is 19.0 Å². The molecule has 2 N–H and O–H groups in total. The molecule has 0 unspecified atom stereocenters. The Hall–Kier alpha value is -4.39. The quantitative estimate of drug-likeness (QED) is 0.469. The number of hydrogen-bond donors (Lipinski definition) is 2. The van der Waals surface area contributed by atoms with Crippen LogP contribution in [0.2, 0.25) is 0 Å². The van der Waals surface area contributed by atoms with Crippen LogP contribution in [0.3, 0.4) is 0 Å². The second kappa shape index (κ2) is 9.00. The molecule has 0 spiro atoms. The summed E-state index contributed by atoms with van der Waals surface area (Å²) in [6.07, 6.45) is 0. The van der Waals surface area contributed by atoms with E-state index in [0.29, 0.717) is 22.3 Å². The molecule has 0 bridgehead atoms. The van der Waals surface area contributed by atoms with Crippen LogP contribution in [0, 0.1) is 6.92 Å². The van der Waals surface area contributed by atoms with E-state index in [1.165, 1.54) is 0 Å². The molecule has 2 amide bonds. The second-order valence-corrected chi connectivity index (χ2v) is 7.79. The van der Waals surface area contributed by atoms with Crippen molar-refractivity contribution in [1.82, 2.24) is 10.9 Å². The van der Waals surface area contributed by atoms with Crippen LogP contribution in [0.1, 0.15) is 26.3 Å². The van der Waals surface area contributed by atoms with Crippen LogP contribution in [-0.2, 0) is 0 Å². The van der Waals surface area contributed by atoms with Crippen molar-refractivity contribution in [3.8, 4) is 11.3 Å². The number of rotatable bonds is 4. The number of carbonyl (C=O) groups excluding carboxylic acids is 2. The number of hydrogen-bond acceptors (Lipinski definition) is 5. The van der Waals surface area contributed by atoms with Gasteiger partial charge in [0.25, 0.3) is 11.8 Å². The third-order valence-electron chi connectivity index (χ3n) is 5.34. The summed E-state index contributed by atoms with van der Waals surface area (Å²) in [4.78, 5) is 40.3. The lowest BCUT2D eigenvalue weighted by molar-refractivity contribution is 0.0847. The fraction of sp³-hybridized carbons (Fsp3) is 0.115. The molecule has 7 nitrogen and oxygen atoms in total. The smallest absolute Gasteiger partial charge is 0.273 e. The first-order valence-corrected chi connectivity index (χ1v) is 10.4. The van der Waals surface area contributed by atoms with Gasteiger partial charge in [0.2, 0.25) is 0 Å². The lowest BCUT2D eigenvalue weighted by Gasteiger charge is -2.14. The molecule has 3 aromatic carbocycles. The van der Waals surface area contributed by atoms with Gasteiger partial charge in [0, 0.05) is 36.5 Å². The molecule has 33 heavy (non-hydrogen) atoms. The van der Waals surface area contributed by atoms with Crippen molar-refractivity contribution < 1.29 is 14.0 Å². The first-order valence-electron chi connectivity index (χ1n) is 10.4. The van der Waals surface area contributed by atoms with Gasteiger partial charge >= 0.3 is 0 Å². The van der Waals surface area contributed by atoms with Crippen LogP contribution in [0.15, 0.2) is 82.0 Å². The van der Waals surface area contributed by atoms with Crippen molar-refractivity contribution >= 4 is 28.5 Å². The lowest BCUT2D eigenvalue weighted by atomic mass is 10.0. The Morgan fingerprint density at radius 3 is 2.27 bits per heavy atom. The molecule has 4 aromatic rings. The summed E-state index contributed by atoms with van der Waals surface area (Å²) in [6.45, 7) is 1.70. The summed E-state index contributed by atoms with van der Waals surface area (Å²) in [7, 11) is 3.75. The van der Waals surface area contributed by atoms with Crippen molar-refractivity contribution in [3.05, 3.63) is 99.7 Å². The molecule has 0 aliphatic carbocycles. The third kappa shape index (κ3) is 4.34. The zero-order chi connectivity index (χ0) is 23.5. The van der Waals surface area contributed by atoms with Crippen molar-refractivity contribution in [3.63, 3.8) is 0 Å². The Balaban J connectivity index is 1.65. The number of anilines is 1. The Morgan fingerprint density at radius 1 is 0.848 bits per heavy atom. The first-order chi connectivity index (χ1) is 15.9. The number of nitrogens with one attached hydrogen (secondary N) is 2. The highest BCUT2D eigenvalue weighted by Gasteiger charge is 2.19. The maximum Gasteiger partial charge on any atom is 0.273 e. The minimum atomic E-state index is -0.594. The molecule has 0 aliphatic heterocycles. The lowest BCUT2D eigenvalue weighted by Crippen LogP contribution is -2.41. The summed E-state index contributed by atoms with van der Waals surface area (Å²) >= 11 is 0. The van der Waals surface area contributed by atoms with E-state index in [1.807, 2.05) is 55.4 Å². The molecule has 0 fully saturated rings. The van der Waals surface area contributed by atoms with E-state index in [2.05, 4.69) is 10.9 Å². The molecule has 4 rings (SSSR count). The van der Waals surface area contributed by atoms with Gasteiger partial charge in [0.15, 0.2) is 11.0 Å². The van der Waals surface area contributed by atoms with Crippen LogP contribution in [0.4, 0.5) is 5.69 Å². The summed E-state index contributed by atoms with van der Waals surface area (Å²) in [5.41, 5.74) is 7.37. The SMILES string of the molecule is Cc1c(-c2ccccc2)oc2c(C(=O)NNC(=O)c3cccc(N(C)C)c3)cccc2c1=O. The highest BCUT2D eigenvalue weighted by atomic mass is 16.3. The van der Waals surface area contributed by atoms with Crippen molar-refractivity contribution in [1.29, 1.82) is 0 Å². The Morgan fingerprint density at radius 2 is 1.55 bits per heavy atom. The molecule has 0 aliphatic rings. The number of para-hydroxylation sites is 1. The molecule has 166 valence electrons. The molecule has 0 saturated heterocycles. The molecule has 0 radical (unpaired) electrons. The van der Waals surface area contributed by atoms with Crippen LogP contribution < -0.4 is 21.2 Å². The van der Waals surface area contributed by atoms with E-state index in [-0.39, 0.29) is 16.6 Å². The number of fused-ring (bicyclic) bond motifs is 1. The normalized spacial score (nSPS) is 10.6. The summed E-state index contributed by atoms with van der Waals surface area (Å²) < 4.78 is 6.07. The highest BCUT2D eigenvalue weighted by Crippen LogP contribution is 2.27. The van der Waals surface area contributed by atoms with E-state index < -0.39 is 11.8 Å². The predicted octanol–water partition coefficient (Wildman–Crippen LogP) is 3.91. The number of hydrazine groups is 1.